The minimum absolute atomic E-state index is 0.0263. The highest BCUT2D eigenvalue weighted by atomic mass is 127. The van der Waals surface area contributed by atoms with Gasteiger partial charge in [0.15, 0.2) is 0 Å². The van der Waals surface area contributed by atoms with Gasteiger partial charge in [-0.25, -0.2) is 9.97 Å². The summed E-state index contributed by atoms with van der Waals surface area (Å²) in [5.74, 6) is 0.349. The molecule has 0 amide bonds. The van der Waals surface area contributed by atoms with E-state index in [1.807, 2.05) is 22.6 Å². The Morgan fingerprint density at radius 1 is 1.17 bits per heavy atom. The van der Waals surface area contributed by atoms with Crippen molar-refractivity contribution in [3.05, 3.63) is 45.9 Å². The Bertz CT molecular complexity index is 557. The fourth-order valence-corrected chi connectivity index (χ4v) is 1.81. The van der Waals surface area contributed by atoms with Gasteiger partial charge in [-0.15, -0.1) is 0 Å². The number of nitrogens with one attached hydrogen (secondary N) is 1. The molecule has 0 aliphatic rings. The molecule has 0 unspecified atom stereocenters. The van der Waals surface area contributed by atoms with Crippen LogP contribution < -0.4 is 5.32 Å². The molecule has 1 aromatic heterocycles. The van der Waals surface area contributed by atoms with E-state index in [4.69, 9.17) is 0 Å². The van der Waals surface area contributed by atoms with Gasteiger partial charge in [0.25, 0.3) is 0 Å². The Kier molecular flexibility index (Phi) is 3.69. The fraction of sp³-hybridized carbons (Fsp3) is 0.0909. The lowest BCUT2D eigenvalue weighted by Gasteiger charge is -2.14. The fourth-order valence-electron chi connectivity index (χ4n) is 1.37. The van der Waals surface area contributed by atoms with Gasteiger partial charge >= 0.3 is 6.18 Å². The quantitative estimate of drug-likeness (QED) is 0.822. The largest absolute Gasteiger partial charge is 0.418 e. The van der Waals surface area contributed by atoms with Crippen LogP contribution in [0.1, 0.15) is 5.56 Å². The lowest BCUT2D eigenvalue weighted by atomic mass is 10.1. The molecule has 3 nitrogen and oxygen atoms in total. The standard InChI is InChI=1S/C11H7F3IN3/c12-11(13,14)7-3-1-2-4-9(7)18-10-8(15)5-16-6-17-10/h1-6H,(H,16,17,18). The smallest absolute Gasteiger partial charge is 0.339 e. The summed E-state index contributed by atoms with van der Waals surface area (Å²) in [6.07, 6.45) is -1.60. The van der Waals surface area contributed by atoms with Gasteiger partial charge in [-0.05, 0) is 34.7 Å². The van der Waals surface area contributed by atoms with E-state index in [0.29, 0.717) is 9.39 Å². The number of para-hydroxylation sites is 1. The van der Waals surface area contributed by atoms with Gasteiger partial charge in [0, 0.05) is 6.20 Å². The minimum Gasteiger partial charge on any atom is -0.339 e. The van der Waals surface area contributed by atoms with Crippen molar-refractivity contribution in [2.24, 2.45) is 0 Å². The van der Waals surface area contributed by atoms with Crippen LogP contribution in [0.25, 0.3) is 0 Å². The van der Waals surface area contributed by atoms with Crippen molar-refractivity contribution in [3.63, 3.8) is 0 Å². The number of aromatic nitrogens is 2. The molecule has 7 heteroatoms. The summed E-state index contributed by atoms with van der Waals surface area (Å²) in [6.45, 7) is 0. The lowest BCUT2D eigenvalue weighted by molar-refractivity contribution is -0.136. The maximum Gasteiger partial charge on any atom is 0.418 e. The third-order valence-electron chi connectivity index (χ3n) is 2.15. The van der Waals surface area contributed by atoms with Crippen LogP contribution in [0.4, 0.5) is 24.7 Å². The second kappa shape index (κ2) is 5.09. The van der Waals surface area contributed by atoms with Gasteiger partial charge in [0.1, 0.15) is 12.1 Å². The summed E-state index contributed by atoms with van der Waals surface area (Å²) in [5.41, 5.74) is -0.749. The molecular weight excluding hydrogens is 358 g/mol. The summed E-state index contributed by atoms with van der Waals surface area (Å²) in [5, 5.41) is 2.67. The number of rotatable bonds is 2. The third kappa shape index (κ3) is 2.89. The summed E-state index contributed by atoms with van der Waals surface area (Å²) < 4.78 is 39.0. The summed E-state index contributed by atoms with van der Waals surface area (Å²) in [6, 6.07) is 5.27. The number of hydrogen-bond acceptors (Lipinski definition) is 3. The zero-order chi connectivity index (χ0) is 13.2. The number of hydrogen-bond donors (Lipinski definition) is 1. The predicted molar refractivity (Wildman–Crippen MR) is 69.5 cm³/mol. The third-order valence-corrected chi connectivity index (χ3v) is 2.94. The van der Waals surface area contributed by atoms with E-state index in [1.165, 1.54) is 30.7 Å². The highest BCUT2D eigenvalue weighted by Gasteiger charge is 2.33. The molecule has 0 bridgehead atoms. The van der Waals surface area contributed by atoms with Crippen molar-refractivity contribution in [3.8, 4) is 0 Å². The first-order valence-corrected chi connectivity index (χ1v) is 5.95. The van der Waals surface area contributed by atoms with Crippen molar-refractivity contribution in [2.75, 3.05) is 5.32 Å². The molecule has 2 aromatic rings. The van der Waals surface area contributed by atoms with Crippen LogP contribution in [0.2, 0.25) is 0 Å². The van der Waals surface area contributed by atoms with Gasteiger partial charge in [-0.2, -0.15) is 13.2 Å². The molecule has 2 rings (SSSR count). The maximum absolute atomic E-state index is 12.8. The zero-order valence-corrected chi connectivity index (χ0v) is 11.0. The van der Waals surface area contributed by atoms with Crippen LogP contribution in [-0.4, -0.2) is 9.97 Å². The molecule has 0 aliphatic heterocycles. The normalized spacial score (nSPS) is 11.3. The number of halogens is 4. The molecule has 1 N–H and O–H groups in total. The van der Waals surface area contributed by atoms with Crippen molar-refractivity contribution < 1.29 is 13.2 Å². The maximum atomic E-state index is 12.8. The second-order valence-corrected chi connectivity index (χ2v) is 4.55. The Labute approximate surface area is 115 Å². The predicted octanol–water partition coefficient (Wildman–Crippen LogP) is 3.84. The molecule has 0 radical (unpaired) electrons. The van der Waals surface area contributed by atoms with Gasteiger partial charge < -0.3 is 5.32 Å². The molecule has 0 atom stereocenters. The first-order valence-electron chi connectivity index (χ1n) is 4.87. The molecule has 0 spiro atoms. The average molecular weight is 365 g/mol. The van der Waals surface area contributed by atoms with Crippen LogP contribution in [0.15, 0.2) is 36.8 Å². The number of benzene rings is 1. The Morgan fingerprint density at radius 3 is 2.56 bits per heavy atom. The molecule has 0 fully saturated rings. The van der Waals surface area contributed by atoms with Crippen molar-refractivity contribution in [1.82, 2.24) is 9.97 Å². The molecule has 0 saturated carbocycles. The summed E-state index contributed by atoms with van der Waals surface area (Å²) >= 11 is 1.95. The number of anilines is 2. The molecule has 1 aromatic carbocycles. The van der Waals surface area contributed by atoms with Crippen LogP contribution in [0, 0.1) is 3.57 Å². The van der Waals surface area contributed by atoms with Gasteiger partial charge in [0.2, 0.25) is 0 Å². The van der Waals surface area contributed by atoms with E-state index >= 15 is 0 Å². The molecule has 1 heterocycles. The van der Waals surface area contributed by atoms with E-state index < -0.39 is 11.7 Å². The average Bonchev–Trinajstić information content (AvgIpc) is 2.31. The zero-order valence-electron chi connectivity index (χ0n) is 8.87. The molecule has 94 valence electrons. The Morgan fingerprint density at radius 2 is 1.89 bits per heavy atom. The van der Waals surface area contributed by atoms with E-state index in [-0.39, 0.29) is 5.69 Å². The van der Waals surface area contributed by atoms with Crippen LogP contribution in [-0.2, 0) is 6.18 Å². The lowest BCUT2D eigenvalue weighted by Crippen LogP contribution is -2.09. The highest BCUT2D eigenvalue weighted by Crippen LogP contribution is 2.35. The van der Waals surface area contributed by atoms with Crippen molar-refractivity contribution in [1.29, 1.82) is 0 Å². The molecule has 0 saturated heterocycles. The monoisotopic (exact) mass is 365 g/mol. The SMILES string of the molecule is FC(F)(F)c1ccccc1Nc1ncncc1I. The Hall–Kier alpha value is -1.38. The second-order valence-electron chi connectivity index (χ2n) is 3.39. The van der Waals surface area contributed by atoms with Crippen LogP contribution >= 0.6 is 22.6 Å². The minimum atomic E-state index is -4.40. The van der Waals surface area contributed by atoms with E-state index in [0.717, 1.165) is 6.07 Å². The van der Waals surface area contributed by atoms with Gasteiger partial charge in [-0.1, -0.05) is 12.1 Å². The van der Waals surface area contributed by atoms with Crippen LogP contribution in [0.5, 0.6) is 0 Å². The van der Waals surface area contributed by atoms with Crippen molar-refractivity contribution in [2.45, 2.75) is 6.18 Å². The molecule has 0 aliphatic carbocycles. The van der Waals surface area contributed by atoms with Gasteiger partial charge in [0.05, 0.1) is 14.8 Å². The van der Waals surface area contributed by atoms with E-state index in [1.54, 1.807) is 0 Å². The highest BCUT2D eigenvalue weighted by molar-refractivity contribution is 14.1. The first kappa shape index (κ1) is 13.1. The topological polar surface area (TPSA) is 37.8 Å². The van der Waals surface area contributed by atoms with Crippen molar-refractivity contribution >= 4 is 34.1 Å². The molecule has 18 heavy (non-hydrogen) atoms. The Balaban J connectivity index is 2.39. The number of alkyl halides is 3. The summed E-state index contributed by atoms with van der Waals surface area (Å²) in [4.78, 5) is 7.68. The van der Waals surface area contributed by atoms with Crippen LogP contribution in [0.3, 0.4) is 0 Å². The van der Waals surface area contributed by atoms with E-state index in [2.05, 4.69) is 15.3 Å². The molecular formula is C11H7F3IN3. The number of nitrogens with zero attached hydrogens (tertiary/aromatic N) is 2. The first-order chi connectivity index (χ1) is 8.48. The van der Waals surface area contributed by atoms with E-state index in [9.17, 15) is 13.2 Å². The summed E-state index contributed by atoms with van der Waals surface area (Å²) in [7, 11) is 0. The van der Waals surface area contributed by atoms with Gasteiger partial charge in [-0.3, -0.25) is 0 Å².